The van der Waals surface area contributed by atoms with Crippen LogP contribution < -0.4 is 0 Å². The highest BCUT2D eigenvalue weighted by molar-refractivity contribution is 4.98. The first-order valence-corrected chi connectivity index (χ1v) is 2.60. The number of nitrogens with zero attached hydrogens (tertiary/aromatic N) is 1. The van der Waals surface area contributed by atoms with Crippen LogP contribution in [0.25, 0.3) is 0 Å². The van der Waals surface area contributed by atoms with Crippen molar-refractivity contribution >= 4 is 0 Å². The summed E-state index contributed by atoms with van der Waals surface area (Å²) in [5.41, 5.74) is 0. The predicted molar refractivity (Wildman–Crippen MR) is 30.7 cm³/mol. The second-order valence-electron chi connectivity index (χ2n) is 1.85. The van der Waals surface area contributed by atoms with Gasteiger partial charge in [-0.25, -0.2) is 0 Å². The van der Waals surface area contributed by atoms with Crippen LogP contribution in [0, 0.1) is 6.42 Å². The van der Waals surface area contributed by atoms with E-state index in [2.05, 4.69) is 30.6 Å². The number of hydrogen-bond acceptors (Lipinski definition) is 1. The summed E-state index contributed by atoms with van der Waals surface area (Å²) < 4.78 is 0. The fraction of sp³-hybridized carbons (Fsp3) is 0.500. The summed E-state index contributed by atoms with van der Waals surface area (Å²) in [6, 6.07) is 0. The Hall–Kier alpha value is -0.460. The lowest BCUT2D eigenvalue weighted by Crippen LogP contribution is -2.14. The fourth-order valence-corrected chi connectivity index (χ4v) is 0.657. The SMILES string of the molecule is CN1C=C[CH]CC1. The molecule has 1 heterocycles. The van der Waals surface area contributed by atoms with E-state index in [1.54, 1.807) is 0 Å². The first-order valence-electron chi connectivity index (χ1n) is 2.60. The van der Waals surface area contributed by atoms with Crippen molar-refractivity contribution in [2.24, 2.45) is 0 Å². The minimum absolute atomic E-state index is 1.18. The molecule has 0 amide bonds. The monoisotopic (exact) mass is 96.1 g/mol. The van der Waals surface area contributed by atoms with Crippen LogP contribution in [0.4, 0.5) is 0 Å². The van der Waals surface area contributed by atoms with Crippen LogP contribution in [-0.2, 0) is 0 Å². The number of rotatable bonds is 0. The molecule has 1 aliphatic heterocycles. The van der Waals surface area contributed by atoms with Gasteiger partial charge in [0.15, 0.2) is 0 Å². The zero-order chi connectivity index (χ0) is 5.11. The van der Waals surface area contributed by atoms with Gasteiger partial charge in [0.1, 0.15) is 0 Å². The third-order valence-electron chi connectivity index (χ3n) is 1.13. The summed E-state index contributed by atoms with van der Waals surface area (Å²) in [4.78, 5) is 2.18. The molecule has 1 nitrogen and oxygen atoms in total. The van der Waals surface area contributed by atoms with E-state index in [-0.39, 0.29) is 0 Å². The zero-order valence-corrected chi connectivity index (χ0v) is 4.59. The maximum atomic E-state index is 2.18. The van der Waals surface area contributed by atoms with E-state index in [1.165, 1.54) is 13.0 Å². The highest BCUT2D eigenvalue weighted by Crippen LogP contribution is 1.99. The lowest BCUT2D eigenvalue weighted by molar-refractivity contribution is 0.447. The van der Waals surface area contributed by atoms with Gasteiger partial charge < -0.3 is 4.90 Å². The van der Waals surface area contributed by atoms with Gasteiger partial charge in [0.25, 0.3) is 0 Å². The van der Waals surface area contributed by atoms with Crippen molar-refractivity contribution in [1.29, 1.82) is 0 Å². The normalized spacial score (nSPS) is 20.4. The molecule has 0 N–H and O–H groups in total. The van der Waals surface area contributed by atoms with E-state index in [4.69, 9.17) is 0 Å². The van der Waals surface area contributed by atoms with Gasteiger partial charge >= 0.3 is 0 Å². The lowest BCUT2D eigenvalue weighted by Gasteiger charge is -2.16. The molecule has 0 saturated carbocycles. The fourth-order valence-electron chi connectivity index (χ4n) is 0.657. The van der Waals surface area contributed by atoms with Crippen LogP contribution in [0.2, 0.25) is 0 Å². The van der Waals surface area contributed by atoms with Crippen molar-refractivity contribution in [2.75, 3.05) is 13.6 Å². The minimum Gasteiger partial charge on any atom is -0.381 e. The molecule has 0 fully saturated rings. The van der Waals surface area contributed by atoms with Gasteiger partial charge in [-0.15, -0.1) is 0 Å². The van der Waals surface area contributed by atoms with Crippen LogP contribution in [0.3, 0.4) is 0 Å². The standard InChI is InChI=1S/C6H10N/c1-7-5-3-2-4-6-7/h2-3,5H,4,6H2,1H3. The molecular formula is C6H10N. The molecule has 0 aliphatic carbocycles. The van der Waals surface area contributed by atoms with E-state index >= 15 is 0 Å². The van der Waals surface area contributed by atoms with Crippen LogP contribution >= 0.6 is 0 Å². The summed E-state index contributed by atoms with van der Waals surface area (Å²) in [7, 11) is 2.09. The molecule has 0 unspecified atom stereocenters. The molecule has 39 valence electrons. The molecule has 1 aliphatic rings. The summed E-state index contributed by atoms with van der Waals surface area (Å²) in [6.45, 7) is 1.18. The van der Waals surface area contributed by atoms with Gasteiger partial charge in [-0.1, -0.05) is 6.08 Å². The maximum absolute atomic E-state index is 2.18. The minimum atomic E-state index is 1.18. The van der Waals surface area contributed by atoms with Crippen molar-refractivity contribution in [2.45, 2.75) is 6.42 Å². The Morgan fingerprint density at radius 3 is 2.71 bits per heavy atom. The Balaban J connectivity index is 2.36. The van der Waals surface area contributed by atoms with Crippen molar-refractivity contribution in [3.05, 3.63) is 18.7 Å². The van der Waals surface area contributed by atoms with Crippen molar-refractivity contribution in [3.63, 3.8) is 0 Å². The molecule has 7 heavy (non-hydrogen) atoms. The lowest BCUT2D eigenvalue weighted by atomic mass is 10.2. The predicted octanol–water partition coefficient (Wildman–Crippen LogP) is 1.04. The smallest absolute Gasteiger partial charge is 0.0174 e. The van der Waals surface area contributed by atoms with E-state index < -0.39 is 0 Å². The Bertz CT molecular complexity index is 76.2. The molecule has 1 radical (unpaired) electrons. The summed E-state index contributed by atoms with van der Waals surface area (Å²) in [5, 5.41) is 0. The largest absolute Gasteiger partial charge is 0.381 e. The molecule has 0 atom stereocenters. The highest BCUT2D eigenvalue weighted by atomic mass is 15.1. The second kappa shape index (κ2) is 2.01. The van der Waals surface area contributed by atoms with Gasteiger partial charge in [-0.05, 0) is 19.0 Å². The zero-order valence-electron chi connectivity index (χ0n) is 4.59. The highest BCUT2D eigenvalue weighted by Gasteiger charge is 1.94. The molecule has 0 bridgehead atoms. The Labute approximate surface area is 44.6 Å². The summed E-state index contributed by atoms with van der Waals surface area (Å²) >= 11 is 0. The van der Waals surface area contributed by atoms with Crippen LogP contribution in [-0.4, -0.2) is 18.5 Å². The molecule has 0 aromatic heterocycles. The van der Waals surface area contributed by atoms with E-state index in [9.17, 15) is 0 Å². The molecule has 0 aromatic carbocycles. The Morgan fingerprint density at radius 2 is 2.43 bits per heavy atom. The number of allylic oxidation sites excluding steroid dienone is 1. The molecule has 1 heteroatoms. The first-order chi connectivity index (χ1) is 3.39. The van der Waals surface area contributed by atoms with E-state index in [1.807, 2.05) is 0 Å². The second-order valence-corrected chi connectivity index (χ2v) is 1.85. The Morgan fingerprint density at radius 1 is 1.57 bits per heavy atom. The van der Waals surface area contributed by atoms with Gasteiger partial charge in [-0.3, -0.25) is 0 Å². The maximum Gasteiger partial charge on any atom is 0.0174 e. The average Bonchev–Trinajstić information content (AvgIpc) is 1.69. The molecule has 1 rings (SSSR count). The summed E-state index contributed by atoms with van der Waals surface area (Å²) in [5.74, 6) is 0. The van der Waals surface area contributed by atoms with Crippen LogP contribution in [0.1, 0.15) is 6.42 Å². The van der Waals surface area contributed by atoms with E-state index in [0.29, 0.717) is 0 Å². The average molecular weight is 96.2 g/mol. The van der Waals surface area contributed by atoms with Crippen molar-refractivity contribution in [1.82, 2.24) is 4.90 Å². The quantitative estimate of drug-likeness (QED) is 0.435. The Kier molecular flexibility index (Phi) is 1.35. The topological polar surface area (TPSA) is 3.24 Å². The van der Waals surface area contributed by atoms with Crippen molar-refractivity contribution < 1.29 is 0 Å². The van der Waals surface area contributed by atoms with Gasteiger partial charge in [0, 0.05) is 13.6 Å². The van der Waals surface area contributed by atoms with Gasteiger partial charge in [0.2, 0.25) is 0 Å². The van der Waals surface area contributed by atoms with Gasteiger partial charge in [0.05, 0.1) is 0 Å². The molecule has 0 saturated heterocycles. The molecule has 0 aromatic rings. The number of hydrogen-bond donors (Lipinski definition) is 0. The van der Waals surface area contributed by atoms with Gasteiger partial charge in [-0.2, -0.15) is 0 Å². The van der Waals surface area contributed by atoms with Crippen LogP contribution in [0.5, 0.6) is 0 Å². The van der Waals surface area contributed by atoms with E-state index in [0.717, 1.165) is 0 Å². The third kappa shape index (κ3) is 1.22. The van der Waals surface area contributed by atoms with Crippen molar-refractivity contribution in [3.8, 4) is 0 Å². The third-order valence-corrected chi connectivity index (χ3v) is 1.13. The van der Waals surface area contributed by atoms with Crippen LogP contribution in [0.15, 0.2) is 12.3 Å². The molecular weight excluding hydrogens is 86.1 g/mol. The first kappa shape index (κ1) is 4.69. The molecule has 0 spiro atoms. The summed E-state index contributed by atoms with van der Waals surface area (Å²) in [6.07, 6.45) is 7.56.